The second-order valence-corrected chi connectivity index (χ2v) is 14.2. The molecule has 2 atom stereocenters. The number of halogens is 6. The molecule has 0 radical (unpaired) electrons. The summed E-state index contributed by atoms with van der Waals surface area (Å²) in [5, 5.41) is 9.89. The van der Waals surface area contributed by atoms with Crippen LogP contribution in [0.1, 0.15) is 104 Å². The summed E-state index contributed by atoms with van der Waals surface area (Å²) in [5.41, 5.74) is -2.05. The summed E-state index contributed by atoms with van der Waals surface area (Å²) in [6.45, 7) is 8.44. The number of Topliss-reactive ketones (excluding diaryl/α,β-unsaturated/α-hetero) is 1. The van der Waals surface area contributed by atoms with Crippen LogP contribution >= 0.6 is 0 Å². The first-order valence-electron chi connectivity index (χ1n) is 17.0. The molecule has 1 unspecified atom stereocenters. The Morgan fingerprint density at radius 3 is 2.24 bits per heavy atom. The van der Waals surface area contributed by atoms with Crippen LogP contribution in [0.5, 0.6) is 0 Å². The van der Waals surface area contributed by atoms with Crippen molar-refractivity contribution >= 4 is 11.8 Å². The minimum absolute atomic E-state index is 0.00940. The van der Waals surface area contributed by atoms with Gasteiger partial charge in [0.1, 0.15) is 17.5 Å². The van der Waals surface area contributed by atoms with E-state index < -0.39 is 76.9 Å². The summed E-state index contributed by atoms with van der Waals surface area (Å²) in [6.07, 6.45) is -3.16. The number of carboxylic acid groups (broad SMARTS) is 1. The second kappa shape index (κ2) is 14.7. The lowest BCUT2D eigenvalue weighted by Crippen LogP contribution is -2.39. The highest BCUT2D eigenvalue weighted by Crippen LogP contribution is 2.47. The van der Waals surface area contributed by atoms with Crippen molar-refractivity contribution < 1.29 is 41.0 Å². The zero-order chi connectivity index (χ0) is 36.7. The van der Waals surface area contributed by atoms with Crippen molar-refractivity contribution in [2.45, 2.75) is 96.7 Å². The number of likely N-dealkylation sites (tertiary alicyclic amines) is 1. The summed E-state index contributed by atoms with van der Waals surface area (Å²) < 4.78 is 90.9. The molecule has 1 aromatic heterocycles. The molecule has 2 fully saturated rings. The molecule has 1 saturated heterocycles. The summed E-state index contributed by atoms with van der Waals surface area (Å²) in [6, 6.07) is 3.19. The van der Waals surface area contributed by atoms with Gasteiger partial charge in [-0.15, -0.1) is 0 Å². The molecule has 0 bridgehead atoms. The maximum atomic E-state index is 16.7. The zero-order valence-electron chi connectivity index (χ0n) is 28.6. The SMILES string of the molecule is Cc1ccc(F)c(C)c1-c1cc(C2CC2)c(F)c([C@H](CC(=O)O)CC(=O)C(CC(C)C)n2cc(CCN3CCC3)c(C(F)(F)F)cc2=O)c1F. The third-order valence-corrected chi connectivity index (χ3v) is 9.95. The number of benzene rings is 2. The van der Waals surface area contributed by atoms with Crippen molar-refractivity contribution in [3.8, 4) is 11.1 Å². The van der Waals surface area contributed by atoms with Crippen molar-refractivity contribution in [2.24, 2.45) is 5.92 Å². The van der Waals surface area contributed by atoms with Gasteiger partial charge < -0.3 is 14.6 Å². The van der Waals surface area contributed by atoms with Gasteiger partial charge in [-0.2, -0.15) is 13.2 Å². The highest BCUT2D eigenvalue weighted by atomic mass is 19.4. The molecule has 270 valence electrons. The van der Waals surface area contributed by atoms with E-state index in [4.69, 9.17) is 0 Å². The molecular weight excluding hydrogens is 662 g/mol. The molecular formula is C38H42F6N2O4. The average molecular weight is 705 g/mol. The standard InChI is InChI=1S/C38H42F6N2O4/c1-20(2)14-30(46-19-24(10-13-45-11-5-12-45)28(18-32(46)48)38(42,43)44)31(47)15-25(16-33(49)50)35-36(40)26(23-7-8-23)17-27(37(35)41)34-21(3)6-9-29(39)22(34)4/h6,9,17-20,23,25,30H,5,7-8,10-16H2,1-4H3,(H,49,50)/t25-,30?/m0/s1. The molecule has 12 heteroatoms. The number of aliphatic carboxylic acids is 1. The number of hydrogen-bond donors (Lipinski definition) is 1. The van der Waals surface area contributed by atoms with Gasteiger partial charge in [-0.1, -0.05) is 19.9 Å². The van der Waals surface area contributed by atoms with Gasteiger partial charge >= 0.3 is 12.1 Å². The number of nitrogens with zero attached hydrogens (tertiary/aromatic N) is 2. The van der Waals surface area contributed by atoms with E-state index in [-0.39, 0.29) is 52.5 Å². The molecule has 1 N–H and O–H groups in total. The highest BCUT2D eigenvalue weighted by molar-refractivity contribution is 5.84. The van der Waals surface area contributed by atoms with E-state index in [9.17, 15) is 37.1 Å². The normalized spacial score (nSPS) is 16.4. The van der Waals surface area contributed by atoms with Gasteiger partial charge in [-0.3, -0.25) is 14.4 Å². The summed E-state index contributed by atoms with van der Waals surface area (Å²) in [4.78, 5) is 41.6. The van der Waals surface area contributed by atoms with Crippen LogP contribution < -0.4 is 5.56 Å². The maximum Gasteiger partial charge on any atom is 0.416 e. The predicted octanol–water partition coefficient (Wildman–Crippen LogP) is 8.50. The van der Waals surface area contributed by atoms with Crippen molar-refractivity contribution in [1.29, 1.82) is 0 Å². The number of carbonyl (C=O) groups is 2. The highest BCUT2D eigenvalue weighted by Gasteiger charge is 2.38. The number of aryl methyl sites for hydroxylation is 1. The lowest BCUT2D eigenvalue weighted by atomic mass is 9.82. The molecule has 2 heterocycles. The number of alkyl halides is 3. The predicted molar refractivity (Wildman–Crippen MR) is 177 cm³/mol. The topological polar surface area (TPSA) is 79.6 Å². The molecule has 5 rings (SSSR count). The first-order chi connectivity index (χ1) is 23.5. The summed E-state index contributed by atoms with van der Waals surface area (Å²) >= 11 is 0. The van der Waals surface area contributed by atoms with Crippen LogP contribution in [-0.4, -0.2) is 46.0 Å². The van der Waals surface area contributed by atoms with E-state index in [1.54, 1.807) is 20.8 Å². The van der Waals surface area contributed by atoms with E-state index in [0.717, 1.165) is 30.3 Å². The fraction of sp³-hybridized carbons (Fsp3) is 0.500. The maximum absolute atomic E-state index is 16.7. The van der Waals surface area contributed by atoms with Crippen LogP contribution in [0.3, 0.4) is 0 Å². The van der Waals surface area contributed by atoms with E-state index >= 15 is 8.78 Å². The molecule has 0 spiro atoms. The Hall–Kier alpha value is -3.93. The van der Waals surface area contributed by atoms with Gasteiger partial charge in [0.2, 0.25) is 0 Å². The smallest absolute Gasteiger partial charge is 0.416 e. The molecule has 1 saturated carbocycles. The molecule has 0 amide bonds. The molecule has 6 nitrogen and oxygen atoms in total. The van der Waals surface area contributed by atoms with Gasteiger partial charge in [-0.25, -0.2) is 13.2 Å². The number of carbonyl (C=O) groups excluding carboxylic acids is 1. The Kier molecular flexibility index (Phi) is 11.0. The van der Waals surface area contributed by atoms with Crippen molar-refractivity contribution in [3.05, 3.63) is 91.6 Å². The lowest BCUT2D eigenvalue weighted by Gasteiger charge is -2.31. The Morgan fingerprint density at radius 1 is 1.00 bits per heavy atom. The van der Waals surface area contributed by atoms with Crippen molar-refractivity contribution in [2.75, 3.05) is 19.6 Å². The molecule has 50 heavy (non-hydrogen) atoms. The van der Waals surface area contributed by atoms with E-state index in [1.807, 2.05) is 4.90 Å². The summed E-state index contributed by atoms with van der Waals surface area (Å²) in [5.74, 6) is -6.89. The van der Waals surface area contributed by atoms with E-state index in [0.29, 0.717) is 31.0 Å². The lowest BCUT2D eigenvalue weighted by molar-refractivity contribution is -0.139. The van der Waals surface area contributed by atoms with Crippen molar-refractivity contribution in [3.63, 3.8) is 0 Å². The Labute approximate surface area is 287 Å². The third-order valence-electron chi connectivity index (χ3n) is 9.95. The first kappa shape index (κ1) is 37.3. The van der Waals surface area contributed by atoms with Crippen LogP contribution in [0.4, 0.5) is 26.3 Å². The first-order valence-corrected chi connectivity index (χ1v) is 17.0. The van der Waals surface area contributed by atoms with Crippen LogP contribution in [-0.2, 0) is 22.2 Å². The molecule has 1 aliphatic heterocycles. The van der Waals surface area contributed by atoms with Crippen LogP contribution in [0.15, 0.2) is 35.3 Å². The number of carboxylic acids is 1. The number of pyridine rings is 1. The van der Waals surface area contributed by atoms with Gasteiger partial charge in [-0.05, 0) is 111 Å². The number of aromatic nitrogens is 1. The van der Waals surface area contributed by atoms with Gasteiger partial charge in [0.05, 0.1) is 18.0 Å². The summed E-state index contributed by atoms with van der Waals surface area (Å²) in [7, 11) is 0. The quantitative estimate of drug-likeness (QED) is 0.170. The minimum Gasteiger partial charge on any atom is -0.481 e. The van der Waals surface area contributed by atoms with Crippen LogP contribution in [0.2, 0.25) is 0 Å². The van der Waals surface area contributed by atoms with E-state index in [2.05, 4.69) is 0 Å². The molecule has 3 aromatic rings. The van der Waals surface area contributed by atoms with E-state index in [1.165, 1.54) is 25.1 Å². The van der Waals surface area contributed by atoms with Gasteiger partial charge in [0.15, 0.2) is 5.78 Å². The monoisotopic (exact) mass is 704 g/mol. The van der Waals surface area contributed by atoms with Gasteiger partial charge in [0.25, 0.3) is 5.56 Å². The average Bonchev–Trinajstić information content (AvgIpc) is 3.83. The van der Waals surface area contributed by atoms with Crippen molar-refractivity contribution in [1.82, 2.24) is 9.47 Å². The fourth-order valence-electron chi connectivity index (χ4n) is 7.04. The Morgan fingerprint density at radius 2 is 1.68 bits per heavy atom. The minimum atomic E-state index is -4.82. The Balaban J connectivity index is 1.61. The number of ketones is 1. The third kappa shape index (κ3) is 8.00. The molecule has 1 aliphatic carbocycles. The van der Waals surface area contributed by atoms with Crippen LogP contribution in [0, 0.1) is 37.2 Å². The Bertz CT molecular complexity index is 1840. The molecule has 2 aliphatic rings. The largest absolute Gasteiger partial charge is 0.481 e. The van der Waals surface area contributed by atoms with Gasteiger partial charge in [0, 0.05) is 42.3 Å². The zero-order valence-corrected chi connectivity index (χ0v) is 28.6. The number of hydrogen-bond acceptors (Lipinski definition) is 4. The molecule has 2 aromatic carbocycles. The second-order valence-electron chi connectivity index (χ2n) is 14.2. The van der Waals surface area contributed by atoms with Crippen LogP contribution in [0.25, 0.3) is 11.1 Å². The fourth-order valence-corrected chi connectivity index (χ4v) is 7.04. The number of rotatable bonds is 14.